The number of amides is 2. The second kappa shape index (κ2) is 10.8. The van der Waals surface area contributed by atoms with Gasteiger partial charge in [0.1, 0.15) is 24.2 Å². The largest absolute Gasteiger partial charge is 0.477 e. The average Bonchev–Trinajstić information content (AvgIpc) is 3.30. The summed E-state index contributed by atoms with van der Waals surface area (Å²) in [6, 6.07) is 2.63. The van der Waals surface area contributed by atoms with Gasteiger partial charge in [-0.15, -0.1) is 11.8 Å². The van der Waals surface area contributed by atoms with Gasteiger partial charge >= 0.3 is 5.97 Å². The number of hydrogen-bond donors (Lipinski definition) is 4. The number of rotatable bonds is 9. The standard InChI is InChI=1S/C21H21N7O6S2/c1-34-25-13(16-24-21(22)36-26-16)17(30)23-14-18(31)28-15(20(32)33)12(10-35-19(14)28)5-3-7-27-6-2-4-11(8-27)9-29/h2-6,8,14,19,29H,7,9-10H2,1H3,(H3-,22,23,24,26,30,32,33)/p+1/t14?,19-/m1/s1. The number of aliphatic carboxylic acids is 1. The summed E-state index contributed by atoms with van der Waals surface area (Å²) in [6.07, 6.45) is 7.06. The number of oxime groups is 1. The quantitative estimate of drug-likeness (QED) is 0.139. The van der Waals surface area contributed by atoms with E-state index in [0.29, 0.717) is 17.9 Å². The van der Waals surface area contributed by atoms with Gasteiger partial charge in [-0.2, -0.15) is 9.36 Å². The normalized spacial score (nSPS) is 19.8. The Hall–Kier alpha value is -3.82. The molecule has 0 aromatic carbocycles. The lowest BCUT2D eigenvalue weighted by Crippen LogP contribution is -2.71. The molecular formula is C21H22N7O6S2+. The zero-order valence-corrected chi connectivity index (χ0v) is 20.5. The van der Waals surface area contributed by atoms with E-state index >= 15 is 0 Å². The fourth-order valence-electron chi connectivity index (χ4n) is 3.69. The van der Waals surface area contributed by atoms with Crippen molar-refractivity contribution in [2.75, 3.05) is 18.6 Å². The molecule has 15 heteroatoms. The van der Waals surface area contributed by atoms with E-state index in [-0.39, 0.29) is 29.0 Å². The number of allylic oxidation sites excluding steroid dienone is 2. The number of nitrogens with one attached hydrogen (secondary N) is 1. The van der Waals surface area contributed by atoms with Gasteiger partial charge in [0.2, 0.25) is 11.5 Å². The number of carboxylic acids is 1. The van der Waals surface area contributed by atoms with Crippen LogP contribution in [0.5, 0.6) is 0 Å². The van der Waals surface area contributed by atoms with Crippen LogP contribution in [0.4, 0.5) is 5.13 Å². The highest BCUT2D eigenvalue weighted by Crippen LogP contribution is 2.40. The number of anilines is 1. The second-order valence-corrected chi connectivity index (χ2v) is 9.48. The predicted octanol–water partition coefficient (Wildman–Crippen LogP) is -0.754. The number of hydrogen-bond acceptors (Lipinski definition) is 11. The highest BCUT2D eigenvalue weighted by atomic mass is 32.2. The number of aliphatic hydroxyl groups excluding tert-OH is 1. The lowest BCUT2D eigenvalue weighted by molar-refractivity contribution is -0.687. The number of pyridine rings is 1. The van der Waals surface area contributed by atoms with E-state index in [0.717, 1.165) is 17.1 Å². The minimum absolute atomic E-state index is 0.0438. The first kappa shape index (κ1) is 25.3. The van der Waals surface area contributed by atoms with Crippen molar-refractivity contribution in [2.24, 2.45) is 5.16 Å². The Balaban J connectivity index is 1.48. The SMILES string of the molecule is CON=C(C(=O)NC1C(=O)N2C(C(=O)O)=C(C=CC[n+]3cccc(CO)c3)CS[C@H]12)c1nsc(N)n1. The van der Waals surface area contributed by atoms with Gasteiger partial charge in [-0.05, 0) is 17.7 Å². The van der Waals surface area contributed by atoms with Crippen molar-refractivity contribution in [1.82, 2.24) is 19.6 Å². The molecule has 0 radical (unpaired) electrons. The molecule has 4 rings (SSSR count). The van der Waals surface area contributed by atoms with E-state index in [9.17, 15) is 24.6 Å². The van der Waals surface area contributed by atoms with Crippen molar-refractivity contribution < 1.29 is 34.0 Å². The molecule has 2 atom stereocenters. The summed E-state index contributed by atoms with van der Waals surface area (Å²) < 4.78 is 5.78. The Morgan fingerprint density at radius 1 is 1.47 bits per heavy atom. The molecule has 0 aliphatic carbocycles. The lowest BCUT2D eigenvalue weighted by Gasteiger charge is -2.49. The van der Waals surface area contributed by atoms with Crippen LogP contribution in [0.2, 0.25) is 0 Å². The van der Waals surface area contributed by atoms with Crippen LogP contribution in [0.3, 0.4) is 0 Å². The van der Waals surface area contributed by atoms with Crippen LogP contribution in [-0.2, 0) is 32.4 Å². The third-order valence-electron chi connectivity index (χ3n) is 5.28. The Kier molecular flexibility index (Phi) is 7.61. The van der Waals surface area contributed by atoms with E-state index in [1.165, 1.54) is 23.8 Å². The summed E-state index contributed by atoms with van der Waals surface area (Å²) in [5.74, 6) is -2.27. The van der Waals surface area contributed by atoms with Gasteiger partial charge in [0.15, 0.2) is 24.1 Å². The Labute approximate surface area is 213 Å². The molecule has 36 heavy (non-hydrogen) atoms. The fraction of sp³-hybridized carbons (Fsp3) is 0.286. The van der Waals surface area contributed by atoms with Crippen LogP contribution < -0.4 is 15.6 Å². The summed E-state index contributed by atoms with van der Waals surface area (Å²) >= 11 is 2.21. The molecule has 0 spiro atoms. The van der Waals surface area contributed by atoms with Gasteiger partial charge < -0.3 is 26.1 Å². The van der Waals surface area contributed by atoms with Crippen LogP contribution in [-0.4, -0.2) is 72.2 Å². The second-order valence-electron chi connectivity index (χ2n) is 7.59. The van der Waals surface area contributed by atoms with Gasteiger partial charge in [0.25, 0.3) is 11.8 Å². The third kappa shape index (κ3) is 5.07. The van der Waals surface area contributed by atoms with E-state index in [1.807, 2.05) is 10.8 Å². The Morgan fingerprint density at radius 3 is 2.94 bits per heavy atom. The molecule has 188 valence electrons. The number of carboxylic acid groups (broad SMARTS) is 1. The molecule has 0 bridgehead atoms. The van der Waals surface area contributed by atoms with E-state index in [4.69, 9.17) is 10.6 Å². The number of nitrogens with two attached hydrogens (primary N) is 1. The minimum atomic E-state index is -1.24. The summed E-state index contributed by atoms with van der Waals surface area (Å²) in [5.41, 5.74) is 6.42. The summed E-state index contributed by atoms with van der Waals surface area (Å²) in [6.45, 7) is 0.362. The number of carbonyl (C=O) groups is 3. The van der Waals surface area contributed by atoms with Gasteiger partial charge in [-0.3, -0.25) is 14.5 Å². The van der Waals surface area contributed by atoms with Crippen molar-refractivity contribution in [1.29, 1.82) is 0 Å². The zero-order valence-electron chi connectivity index (χ0n) is 18.9. The molecule has 5 N–H and O–H groups in total. The number of aliphatic hydroxyl groups is 1. The van der Waals surface area contributed by atoms with Gasteiger partial charge in [0.05, 0.1) is 6.61 Å². The van der Waals surface area contributed by atoms with Crippen LogP contribution in [0.25, 0.3) is 0 Å². The van der Waals surface area contributed by atoms with Crippen LogP contribution in [0.1, 0.15) is 11.4 Å². The summed E-state index contributed by atoms with van der Waals surface area (Å²) in [5, 5.41) is 24.9. The first-order valence-corrected chi connectivity index (χ1v) is 12.3. The molecule has 2 aliphatic rings. The maximum absolute atomic E-state index is 12.9. The molecule has 2 aliphatic heterocycles. The van der Waals surface area contributed by atoms with E-state index < -0.39 is 29.2 Å². The first-order valence-electron chi connectivity index (χ1n) is 10.5. The van der Waals surface area contributed by atoms with Crippen molar-refractivity contribution in [3.63, 3.8) is 0 Å². The Morgan fingerprint density at radius 2 is 2.28 bits per heavy atom. The van der Waals surface area contributed by atoms with Gasteiger partial charge in [0, 0.05) is 28.9 Å². The predicted molar refractivity (Wildman–Crippen MR) is 129 cm³/mol. The van der Waals surface area contributed by atoms with Crippen LogP contribution in [0.15, 0.2) is 53.1 Å². The number of β-lactam (4-membered cyclic amide) rings is 1. The number of nitrogen functional groups attached to an aromatic ring is 1. The summed E-state index contributed by atoms with van der Waals surface area (Å²) in [4.78, 5) is 47.5. The molecule has 4 heterocycles. The number of aromatic nitrogens is 3. The van der Waals surface area contributed by atoms with Crippen molar-refractivity contribution >= 4 is 51.9 Å². The van der Waals surface area contributed by atoms with Gasteiger partial charge in [-0.25, -0.2) is 9.36 Å². The molecule has 0 saturated carbocycles. The molecule has 1 fully saturated rings. The molecule has 13 nitrogen and oxygen atoms in total. The smallest absolute Gasteiger partial charge is 0.352 e. The maximum atomic E-state index is 12.9. The van der Waals surface area contributed by atoms with Crippen molar-refractivity contribution in [2.45, 2.75) is 24.6 Å². The molecule has 1 saturated heterocycles. The number of thioether (sulfide) groups is 1. The topological polar surface area (TPSA) is 184 Å². The lowest BCUT2D eigenvalue weighted by atomic mass is 10.0. The summed E-state index contributed by atoms with van der Waals surface area (Å²) in [7, 11) is 1.25. The van der Waals surface area contributed by atoms with Crippen molar-refractivity contribution in [3.8, 4) is 0 Å². The molecule has 1 unspecified atom stereocenters. The third-order valence-corrected chi connectivity index (χ3v) is 7.12. The number of carbonyl (C=O) groups excluding carboxylic acids is 2. The number of fused-ring (bicyclic) bond motifs is 1. The van der Waals surface area contributed by atoms with Gasteiger partial charge in [-0.1, -0.05) is 11.2 Å². The highest BCUT2D eigenvalue weighted by Gasteiger charge is 2.54. The van der Waals surface area contributed by atoms with Crippen LogP contribution >= 0.6 is 23.3 Å². The fourth-order valence-corrected chi connectivity index (χ4v) is 5.44. The first-order chi connectivity index (χ1) is 17.3. The monoisotopic (exact) mass is 532 g/mol. The number of nitrogens with zero attached hydrogens (tertiary/aromatic N) is 5. The molecule has 2 amide bonds. The minimum Gasteiger partial charge on any atom is -0.477 e. The Bertz CT molecular complexity index is 1290. The van der Waals surface area contributed by atoms with Crippen molar-refractivity contribution in [3.05, 3.63) is 59.3 Å². The maximum Gasteiger partial charge on any atom is 0.352 e. The molecule has 2 aromatic heterocycles. The molecular weight excluding hydrogens is 510 g/mol. The van der Waals surface area contributed by atoms with E-state index in [1.54, 1.807) is 30.5 Å². The molecule has 2 aromatic rings. The van der Waals surface area contributed by atoms with Crippen LogP contribution in [0, 0.1) is 0 Å². The van der Waals surface area contributed by atoms with E-state index in [2.05, 4.69) is 19.8 Å². The zero-order chi connectivity index (χ0) is 25.8. The highest BCUT2D eigenvalue weighted by molar-refractivity contribution is 8.00. The average molecular weight is 533 g/mol.